The summed E-state index contributed by atoms with van der Waals surface area (Å²) in [5.74, 6) is -0.375. The van der Waals surface area contributed by atoms with E-state index >= 15 is 0 Å². The predicted molar refractivity (Wildman–Crippen MR) is 108 cm³/mol. The molecule has 0 bridgehead atoms. The summed E-state index contributed by atoms with van der Waals surface area (Å²) < 4.78 is 25.5. The highest BCUT2D eigenvalue weighted by atomic mass is 32.2. The van der Waals surface area contributed by atoms with Crippen molar-refractivity contribution in [1.29, 1.82) is 0 Å². The maximum absolute atomic E-state index is 12.7. The van der Waals surface area contributed by atoms with E-state index < -0.39 is 10.0 Å². The molecular weight excluding hydrogens is 378 g/mol. The summed E-state index contributed by atoms with van der Waals surface area (Å²) in [5, 5.41) is 3.51. The van der Waals surface area contributed by atoms with Crippen molar-refractivity contribution in [2.24, 2.45) is 0 Å². The van der Waals surface area contributed by atoms with Crippen molar-refractivity contribution in [3.63, 3.8) is 0 Å². The number of sulfonamides is 1. The molecule has 146 valence electrons. The Bertz CT molecular complexity index is 1180. The summed E-state index contributed by atoms with van der Waals surface area (Å²) in [6, 6.07) is 14.3. The first-order valence-corrected chi connectivity index (χ1v) is 10.1. The van der Waals surface area contributed by atoms with E-state index in [0.29, 0.717) is 10.9 Å². The van der Waals surface area contributed by atoms with Gasteiger partial charge in [0, 0.05) is 31.1 Å². The van der Waals surface area contributed by atoms with Gasteiger partial charge in [0.25, 0.3) is 5.91 Å². The number of hydrogen-bond acceptors (Lipinski definition) is 4. The molecule has 0 unspecified atom stereocenters. The van der Waals surface area contributed by atoms with Crippen LogP contribution in [0.2, 0.25) is 0 Å². The van der Waals surface area contributed by atoms with Crippen LogP contribution in [-0.4, -0.2) is 37.7 Å². The SMILES string of the molecule is C[C@H](NC(=O)c1cc(=O)[nH]c2ccccc12)c1ccc(S(=O)(=O)N(C)C)cc1. The van der Waals surface area contributed by atoms with Gasteiger partial charge in [-0.1, -0.05) is 30.3 Å². The molecule has 0 fully saturated rings. The summed E-state index contributed by atoms with van der Waals surface area (Å²) in [6.45, 7) is 1.79. The van der Waals surface area contributed by atoms with E-state index in [1.54, 1.807) is 43.3 Å². The van der Waals surface area contributed by atoms with Gasteiger partial charge in [-0.15, -0.1) is 0 Å². The average Bonchev–Trinajstić information content (AvgIpc) is 2.67. The molecule has 0 aliphatic heterocycles. The molecule has 0 saturated carbocycles. The van der Waals surface area contributed by atoms with E-state index in [2.05, 4.69) is 10.3 Å². The first-order chi connectivity index (χ1) is 13.2. The lowest BCUT2D eigenvalue weighted by molar-refractivity contribution is 0.0941. The zero-order valence-electron chi connectivity index (χ0n) is 15.8. The fraction of sp³-hybridized carbons (Fsp3) is 0.200. The largest absolute Gasteiger partial charge is 0.345 e. The minimum atomic E-state index is -3.51. The van der Waals surface area contributed by atoms with Gasteiger partial charge >= 0.3 is 0 Å². The van der Waals surface area contributed by atoms with Crippen LogP contribution in [0.4, 0.5) is 0 Å². The van der Waals surface area contributed by atoms with Gasteiger partial charge in [0.1, 0.15) is 0 Å². The molecule has 1 atom stereocenters. The Hall–Kier alpha value is -2.97. The highest BCUT2D eigenvalue weighted by Crippen LogP contribution is 2.20. The number of benzene rings is 2. The molecular formula is C20H21N3O4S. The van der Waals surface area contributed by atoms with Gasteiger partial charge in [-0.3, -0.25) is 9.59 Å². The first kappa shape index (κ1) is 19.8. The molecule has 3 aromatic rings. The van der Waals surface area contributed by atoms with Crippen LogP contribution in [0.15, 0.2) is 64.3 Å². The minimum absolute atomic E-state index is 0.181. The van der Waals surface area contributed by atoms with E-state index in [4.69, 9.17) is 0 Å². The monoisotopic (exact) mass is 399 g/mol. The molecule has 0 aliphatic rings. The number of aromatic amines is 1. The molecule has 8 heteroatoms. The Morgan fingerprint density at radius 3 is 2.36 bits per heavy atom. The Labute approximate surface area is 163 Å². The Morgan fingerprint density at radius 2 is 1.71 bits per heavy atom. The van der Waals surface area contributed by atoms with Crippen LogP contribution in [-0.2, 0) is 10.0 Å². The van der Waals surface area contributed by atoms with Crippen molar-refractivity contribution in [3.8, 4) is 0 Å². The number of H-pyrrole nitrogens is 1. The molecule has 0 radical (unpaired) electrons. The number of nitrogens with one attached hydrogen (secondary N) is 2. The molecule has 2 aromatic carbocycles. The number of pyridine rings is 1. The van der Waals surface area contributed by atoms with Crippen LogP contribution >= 0.6 is 0 Å². The van der Waals surface area contributed by atoms with Gasteiger partial charge in [0.2, 0.25) is 15.6 Å². The minimum Gasteiger partial charge on any atom is -0.345 e. The van der Waals surface area contributed by atoms with E-state index in [1.165, 1.54) is 32.3 Å². The Morgan fingerprint density at radius 1 is 1.07 bits per heavy atom. The molecule has 28 heavy (non-hydrogen) atoms. The maximum atomic E-state index is 12.7. The summed E-state index contributed by atoms with van der Waals surface area (Å²) in [6.07, 6.45) is 0. The van der Waals surface area contributed by atoms with Crippen molar-refractivity contribution in [3.05, 3.63) is 76.1 Å². The van der Waals surface area contributed by atoms with E-state index in [1.807, 2.05) is 0 Å². The third kappa shape index (κ3) is 3.83. The normalized spacial score (nSPS) is 12.9. The number of rotatable bonds is 5. The number of carbonyl (C=O) groups is 1. The van der Waals surface area contributed by atoms with Crippen molar-refractivity contribution >= 4 is 26.8 Å². The number of aromatic nitrogens is 1. The van der Waals surface area contributed by atoms with Crippen molar-refractivity contribution < 1.29 is 13.2 Å². The van der Waals surface area contributed by atoms with Crippen molar-refractivity contribution in [1.82, 2.24) is 14.6 Å². The Kier molecular flexibility index (Phi) is 5.35. The molecule has 0 saturated heterocycles. The zero-order valence-corrected chi connectivity index (χ0v) is 16.6. The number of carbonyl (C=O) groups excluding carboxylic acids is 1. The fourth-order valence-electron chi connectivity index (χ4n) is 2.89. The van der Waals surface area contributed by atoms with Crippen LogP contribution in [0.1, 0.15) is 28.9 Å². The highest BCUT2D eigenvalue weighted by molar-refractivity contribution is 7.89. The van der Waals surface area contributed by atoms with Gasteiger partial charge in [-0.05, 0) is 30.7 Å². The second kappa shape index (κ2) is 7.57. The molecule has 0 spiro atoms. The van der Waals surface area contributed by atoms with Crippen molar-refractivity contribution in [2.45, 2.75) is 17.9 Å². The maximum Gasteiger partial charge on any atom is 0.252 e. The summed E-state index contributed by atoms with van der Waals surface area (Å²) in [7, 11) is -0.566. The smallest absolute Gasteiger partial charge is 0.252 e. The predicted octanol–water partition coefficient (Wildman–Crippen LogP) is 2.27. The van der Waals surface area contributed by atoms with Crippen molar-refractivity contribution in [2.75, 3.05) is 14.1 Å². The van der Waals surface area contributed by atoms with E-state index in [-0.39, 0.29) is 28.0 Å². The molecule has 1 heterocycles. The molecule has 0 aliphatic carbocycles. The second-order valence-electron chi connectivity index (χ2n) is 6.64. The van der Waals surface area contributed by atoms with Gasteiger partial charge in [-0.2, -0.15) is 0 Å². The lowest BCUT2D eigenvalue weighted by Gasteiger charge is -2.16. The van der Waals surface area contributed by atoms with Gasteiger partial charge < -0.3 is 10.3 Å². The molecule has 2 N–H and O–H groups in total. The molecule has 1 aromatic heterocycles. The topological polar surface area (TPSA) is 99.3 Å². The summed E-state index contributed by atoms with van der Waals surface area (Å²) >= 11 is 0. The second-order valence-corrected chi connectivity index (χ2v) is 8.80. The lowest BCUT2D eigenvalue weighted by Crippen LogP contribution is -2.28. The fourth-order valence-corrected chi connectivity index (χ4v) is 3.79. The third-order valence-corrected chi connectivity index (χ3v) is 6.33. The molecule has 1 amide bonds. The van der Waals surface area contributed by atoms with Crippen LogP contribution < -0.4 is 10.9 Å². The van der Waals surface area contributed by atoms with E-state index in [9.17, 15) is 18.0 Å². The molecule has 7 nitrogen and oxygen atoms in total. The average molecular weight is 399 g/mol. The van der Waals surface area contributed by atoms with Gasteiger partial charge in [0.05, 0.1) is 16.5 Å². The number of amides is 1. The third-order valence-electron chi connectivity index (χ3n) is 4.50. The quantitative estimate of drug-likeness (QED) is 0.687. The highest BCUT2D eigenvalue weighted by Gasteiger charge is 2.19. The number of para-hydroxylation sites is 1. The van der Waals surface area contributed by atoms with E-state index in [0.717, 1.165) is 9.87 Å². The molecule has 3 rings (SSSR count). The van der Waals surface area contributed by atoms with Crippen LogP contribution in [0, 0.1) is 0 Å². The van der Waals surface area contributed by atoms with Gasteiger partial charge in [-0.25, -0.2) is 12.7 Å². The van der Waals surface area contributed by atoms with Crippen LogP contribution in [0.25, 0.3) is 10.9 Å². The summed E-state index contributed by atoms with van der Waals surface area (Å²) in [4.78, 5) is 27.5. The lowest BCUT2D eigenvalue weighted by atomic mass is 10.1. The number of hydrogen-bond donors (Lipinski definition) is 2. The summed E-state index contributed by atoms with van der Waals surface area (Å²) in [5.41, 5.74) is 1.28. The number of fused-ring (bicyclic) bond motifs is 1. The number of nitrogens with zero attached hydrogens (tertiary/aromatic N) is 1. The van der Waals surface area contributed by atoms with Gasteiger partial charge in [0.15, 0.2) is 0 Å². The first-order valence-electron chi connectivity index (χ1n) is 8.65. The van der Waals surface area contributed by atoms with Crippen LogP contribution in [0.3, 0.4) is 0 Å². The standard InChI is InChI=1S/C20H21N3O4S/c1-13(14-8-10-15(11-9-14)28(26,27)23(2)3)21-20(25)17-12-19(24)22-18-7-5-4-6-16(17)18/h4-13H,1-3H3,(H,21,25)(H,22,24)/t13-/m0/s1. The van der Waals surface area contributed by atoms with Crippen LogP contribution in [0.5, 0.6) is 0 Å². The zero-order chi connectivity index (χ0) is 20.5. The Balaban J connectivity index is 1.85.